The first-order valence-corrected chi connectivity index (χ1v) is 20.6. The quantitative estimate of drug-likeness (QED) is 0.0376. The summed E-state index contributed by atoms with van der Waals surface area (Å²) in [5.41, 5.74) is 0. The molecule has 0 amide bonds. The van der Waals surface area contributed by atoms with Crippen molar-refractivity contribution in [2.24, 2.45) is 17.8 Å². The van der Waals surface area contributed by atoms with Crippen LogP contribution < -0.4 is 0 Å². The molecular formula is C42H80O6. The number of carbonyl (C=O) groups is 3. The standard InChI is InChI=1S/C42H80O6/c1-36(2)28-22-16-10-8-7-9-11-19-25-31-40(43)46-34-39(48-42(45)33-27-21-15-13-18-24-30-38(5)6)35-47-41(44)32-26-20-14-12-17-23-29-37(3)4/h36-39H,7-35H2,1-6H3/t39-/m0/s1. The summed E-state index contributed by atoms with van der Waals surface area (Å²) in [7, 11) is 0. The van der Waals surface area contributed by atoms with Gasteiger partial charge in [-0.25, -0.2) is 0 Å². The van der Waals surface area contributed by atoms with Gasteiger partial charge in [0.05, 0.1) is 0 Å². The smallest absolute Gasteiger partial charge is 0.306 e. The lowest BCUT2D eigenvalue weighted by atomic mass is 10.0. The van der Waals surface area contributed by atoms with Crippen LogP contribution in [0.15, 0.2) is 0 Å². The monoisotopic (exact) mass is 681 g/mol. The molecule has 0 heterocycles. The van der Waals surface area contributed by atoms with Gasteiger partial charge in [0.2, 0.25) is 0 Å². The van der Waals surface area contributed by atoms with Crippen LogP contribution in [-0.2, 0) is 28.6 Å². The summed E-state index contributed by atoms with van der Waals surface area (Å²) >= 11 is 0. The van der Waals surface area contributed by atoms with Gasteiger partial charge in [-0.2, -0.15) is 0 Å². The second kappa shape index (κ2) is 33.9. The van der Waals surface area contributed by atoms with Crippen molar-refractivity contribution in [1.82, 2.24) is 0 Å². The van der Waals surface area contributed by atoms with E-state index in [0.717, 1.165) is 75.5 Å². The first kappa shape index (κ1) is 46.4. The molecule has 0 unspecified atom stereocenters. The predicted molar refractivity (Wildman–Crippen MR) is 201 cm³/mol. The van der Waals surface area contributed by atoms with E-state index < -0.39 is 6.10 Å². The van der Waals surface area contributed by atoms with E-state index in [-0.39, 0.29) is 31.1 Å². The lowest BCUT2D eigenvalue weighted by Gasteiger charge is -2.18. The van der Waals surface area contributed by atoms with Crippen molar-refractivity contribution in [3.63, 3.8) is 0 Å². The van der Waals surface area contributed by atoms with Crippen molar-refractivity contribution in [2.45, 2.75) is 221 Å². The molecule has 0 N–H and O–H groups in total. The van der Waals surface area contributed by atoms with Gasteiger partial charge < -0.3 is 14.2 Å². The summed E-state index contributed by atoms with van der Waals surface area (Å²) in [5.74, 6) is 1.45. The van der Waals surface area contributed by atoms with E-state index in [1.165, 1.54) is 96.3 Å². The maximum Gasteiger partial charge on any atom is 0.306 e. The van der Waals surface area contributed by atoms with Crippen molar-refractivity contribution in [1.29, 1.82) is 0 Å². The molecule has 0 spiro atoms. The first-order chi connectivity index (χ1) is 23.1. The van der Waals surface area contributed by atoms with Gasteiger partial charge in [0, 0.05) is 19.3 Å². The number of hydrogen-bond donors (Lipinski definition) is 0. The molecule has 1 atom stereocenters. The highest BCUT2D eigenvalue weighted by Gasteiger charge is 2.19. The average molecular weight is 681 g/mol. The molecule has 0 aromatic rings. The number of hydrogen-bond acceptors (Lipinski definition) is 6. The zero-order valence-electron chi connectivity index (χ0n) is 32.8. The van der Waals surface area contributed by atoms with Crippen molar-refractivity contribution >= 4 is 17.9 Å². The summed E-state index contributed by atoms with van der Waals surface area (Å²) in [5, 5.41) is 0. The molecule has 0 radical (unpaired) electrons. The summed E-state index contributed by atoms with van der Waals surface area (Å²) < 4.78 is 16.6. The molecule has 0 aromatic carbocycles. The van der Waals surface area contributed by atoms with Crippen LogP contribution in [0.3, 0.4) is 0 Å². The number of carbonyl (C=O) groups excluding carboxylic acids is 3. The molecule has 0 aliphatic rings. The Morgan fingerprint density at radius 2 is 0.604 bits per heavy atom. The number of rotatable bonds is 35. The van der Waals surface area contributed by atoms with Crippen LogP contribution in [-0.4, -0.2) is 37.2 Å². The molecule has 0 saturated carbocycles. The molecular weight excluding hydrogens is 600 g/mol. The van der Waals surface area contributed by atoms with Crippen molar-refractivity contribution in [3.05, 3.63) is 0 Å². The Bertz CT molecular complexity index is 746. The lowest BCUT2D eigenvalue weighted by Crippen LogP contribution is -2.30. The van der Waals surface area contributed by atoms with Crippen LogP contribution in [0.1, 0.15) is 215 Å². The minimum Gasteiger partial charge on any atom is -0.462 e. The van der Waals surface area contributed by atoms with Gasteiger partial charge in [-0.1, -0.05) is 176 Å². The molecule has 48 heavy (non-hydrogen) atoms. The Morgan fingerprint density at radius 1 is 0.354 bits per heavy atom. The highest BCUT2D eigenvalue weighted by molar-refractivity contribution is 5.71. The van der Waals surface area contributed by atoms with Crippen LogP contribution >= 0.6 is 0 Å². The Balaban J connectivity index is 4.35. The maximum absolute atomic E-state index is 12.6. The second-order valence-corrected chi connectivity index (χ2v) is 15.7. The van der Waals surface area contributed by atoms with E-state index in [1.807, 2.05) is 0 Å². The van der Waals surface area contributed by atoms with E-state index in [0.29, 0.717) is 19.3 Å². The third kappa shape index (κ3) is 35.7. The molecule has 6 heteroatoms. The van der Waals surface area contributed by atoms with Crippen LogP contribution in [0, 0.1) is 17.8 Å². The number of ether oxygens (including phenoxy) is 3. The Hall–Kier alpha value is -1.59. The Labute approximate surface area is 298 Å². The first-order valence-electron chi connectivity index (χ1n) is 20.6. The van der Waals surface area contributed by atoms with E-state index in [4.69, 9.17) is 14.2 Å². The van der Waals surface area contributed by atoms with Gasteiger partial charge in [0.1, 0.15) is 13.2 Å². The van der Waals surface area contributed by atoms with Gasteiger partial charge in [0.15, 0.2) is 6.10 Å². The van der Waals surface area contributed by atoms with Crippen molar-refractivity contribution in [3.8, 4) is 0 Å². The van der Waals surface area contributed by atoms with Gasteiger partial charge in [-0.05, 0) is 37.0 Å². The number of unbranched alkanes of at least 4 members (excludes halogenated alkanes) is 18. The van der Waals surface area contributed by atoms with Crippen LogP contribution in [0.25, 0.3) is 0 Å². The minimum atomic E-state index is -0.761. The van der Waals surface area contributed by atoms with E-state index in [2.05, 4.69) is 41.5 Å². The normalized spacial score (nSPS) is 12.2. The van der Waals surface area contributed by atoms with Gasteiger partial charge in [0.25, 0.3) is 0 Å². The third-order valence-corrected chi connectivity index (χ3v) is 9.15. The molecule has 6 nitrogen and oxygen atoms in total. The molecule has 0 bridgehead atoms. The van der Waals surface area contributed by atoms with Gasteiger partial charge >= 0.3 is 17.9 Å². The van der Waals surface area contributed by atoms with E-state index >= 15 is 0 Å². The predicted octanol–water partition coefficient (Wildman–Crippen LogP) is 12.5. The Kier molecular flexibility index (Phi) is 32.8. The van der Waals surface area contributed by atoms with Crippen molar-refractivity contribution in [2.75, 3.05) is 13.2 Å². The summed E-state index contributed by atoms with van der Waals surface area (Å²) in [6.07, 6.45) is 28.3. The van der Waals surface area contributed by atoms with Crippen molar-refractivity contribution < 1.29 is 28.6 Å². The van der Waals surface area contributed by atoms with Gasteiger partial charge in [-0.15, -0.1) is 0 Å². The largest absolute Gasteiger partial charge is 0.462 e. The Morgan fingerprint density at radius 3 is 0.896 bits per heavy atom. The summed E-state index contributed by atoms with van der Waals surface area (Å²) in [6.45, 7) is 13.5. The van der Waals surface area contributed by atoms with Crippen LogP contribution in [0.5, 0.6) is 0 Å². The zero-order chi connectivity index (χ0) is 35.7. The fourth-order valence-corrected chi connectivity index (χ4v) is 5.99. The van der Waals surface area contributed by atoms with E-state index in [1.54, 1.807) is 0 Å². The third-order valence-electron chi connectivity index (χ3n) is 9.15. The topological polar surface area (TPSA) is 78.9 Å². The summed E-state index contributed by atoms with van der Waals surface area (Å²) in [4.78, 5) is 37.5. The van der Waals surface area contributed by atoms with Gasteiger partial charge in [-0.3, -0.25) is 14.4 Å². The highest BCUT2D eigenvalue weighted by atomic mass is 16.6. The molecule has 284 valence electrons. The molecule has 0 rings (SSSR count). The minimum absolute atomic E-state index is 0.0686. The SMILES string of the molecule is CC(C)CCCCCCCCCCCC(=O)OC[C@@H](COC(=O)CCCCCCCCC(C)C)OC(=O)CCCCCCCCC(C)C. The fraction of sp³-hybridized carbons (Fsp3) is 0.929. The zero-order valence-corrected chi connectivity index (χ0v) is 32.8. The molecule has 0 aliphatic heterocycles. The van der Waals surface area contributed by atoms with Crippen LogP contribution in [0.2, 0.25) is 0 Å². The average Bonchev–Trinajstić information content (AvgIpc) is 3.03. The van der Waals surface area contributed by atoms with Crippen LogP contribution in [0.4, 0.5) is 0 Å². The number of esters is 3. The molecule has 0 aliphatic carbocycles. The maximum atomic E-state index is 12.6. The summed E-state index contributed by atoms with van der Waals surface area (Å²) in [6, 6.07) is 0. The molecule has 0 saturated heterocycles. The highest BCUT2D eigenvalue weighted by Crippen LogP contribution is 2.16. The fourth-order valence-electron chi connectivity index (χ4n) is 5.99. The second-order valence-electron chi connectivity index (χ2n) is 15.7. The lowest BCUT2D eigenvalue weighted by molar-refractivity contribution is -0.167. The molecule has 0 aromatic heterocycles. The molecule has 0 fully saturated rings. The van der Waals surface area contributed by atoms with E-state index in [9.17, 15) is 14.4 Å².